The number of carbonyl (C=O) groups excluding carboxylic acids is 2. The summed E-state index contributed by atoms with van der Waals surface area (Å²) in [4.78, 5) is 24.8. The monoisotopic (exact) mass is 381 g/mol. The van der Waals surface area contributed by atoms with Gasteiger partial charge in [-0.15, -0.1) is 0 Å². The molecule has 1 amide bonds. The Morgan fingerprint density at radius 1 is 1.18 bits per heavy atom. The highest BCUT2D eigenvalue weighted by Gasteiger charge is 2.31. The molecule has 0 saturated carbocycles. The van der Waals surface area contributed by atoms with Gasteiger partial charge in [0.15, 0.2) is 6.10 Å². The number of benzene rings is 2. The molecule has 0 saturated heterocycles. The smallest absolute Gasteiger partial charge is 0.339 e. The molecule has 6 nitrogen and oxygen atoms in total. The quantitative estimate of drug-likeness (QED) is 0.807. The molecule has 0 unspecified atom stereocenters. The van der Waals surface area contributed by atoms with E-state index in [1.165, 1.54) is 0 Å². The van der Waals surface area contributed by atoms with Crippen molar-refractivity contribution in [1.29, 1.82) is 0 Å². The first-order chi connectivity index (χ1) is 13.5. The molecule has 0 radical (unpaired) electrons. The highest BCUT2D eigenvalue weighted by atomic mass is 16.5. The zero-order valence-corrected chi connectivity index (χ0v) is 16.0. The van der Waals surface area contributed by atoms with Crippen molar-refractivity contribution in [2.45, 2.75) is 45.4 Å². The first kappa shape index (κ1) is 18.3. The molecular weight excluding hydrogens is 358 g/mol. The predicted molar refractivity (Wildman–Crippen MR) is 103 cm³/mol. The molecule has 6 heteroatoms. The minimum Gasteiger partial charge on any atom is -0.494 e. The molecule has 2 aromatic rings. The molecule has 0 fully saturated rings. The number of cyclic esters (lactones) is 1. The van der Waals surface area contributed by atoms with Gasteiger partial charge in [-0.1, -0.05) is 18.2 Å². The Bertz CT molecular complexity index is 923. The number of rotatable bonds is 5. The lowest BCUT2D eigenvalue weighted by Gasteiger charge is -2.24. The molecule has 0 spiro atoms. The fourth-order valence-corrected chi connectivity index (χ4v) is 3.68. The van der Waals surface area contributed by atoms with Crippen LogP contribution in [0.5, 0.6) is 11.5 Å². The molecule has 4 rings (SSSR count). The third-order valence-corrected chi connectivity index (χ3v) is 5.02. The van der Waals surface area contributed by atoms with E-state index in [4.69, 9.17) is 14.2 Å². The molecular formula is C22H23NO5. The highest BCUT2D eigenvalue weighted by Crippen LogP contribution is 2.35. The van der Waals surface area contributed by atoms with Crippen LogP contribution in [0, 0.1) is 0 Å². The van der Waals surface area contributed by atoms with E-state index < -0.39 is 12.1 Å². The van der Waals surface area contributed by atoms with Crippen molar-refractivity contribution in [3.8, 4) is 11.5 Å². The zero-order valence-electron chi connectivity index (χ0n) is 16.0. The van der Waals surface area contributed by atoms with E-state index in [1.807, 2.05) is 38.1 Å². The zero-order chi connectivity index (χ0) is 19.7. The summed E-state index contributed by atoms with van der Waals surface area (Å²) in [5, 5.41) is 2.87. The van der Waals surface area contributed by atoms with Crippen molar-refractivity contribution in [3.05, 3.63) is 58.7 Å². The summed E-state index contributed by atoms with van der Waals surface area (Å²) in [5.41, 5.74) is 3.30. The Balaban J connectivity index is 1.47. The van der Waals surface area contributed by atoms with E-state index in [0.29, 0.717) is 18.6 Å². The second kappa shape index (κ2) is 7.54. The second-order valence-electron chi connectivity index (χ2n) is 7.11. The summed E-state index contributed by atoms with van der Waals surface area (Å²) in [5.74, 6) is 0.792. The van der Waals surface area contributed by atoms with Gasteiger partial charge in [0.1, 0.15) is 17.6 Å². The predicted octanol–water partition coefficient (Wildman–Crippen LogP) is 2.81. The fourth-order valence-electron chi connectivity index (χ4n) is 3.68. The van der Waals surface area contributed by atoms with Crippen molar-refractivity contribution >= 4 is 11.9 Å². The lowest BCUT2D eigenvalue weighted by molar-refractivity contribution is -0.130. The molecule has 1 N–H and O–H groups in total. The van der Waals surface area contributed by atoms with Crippen LogP contribution in [-0.4, -0.2) is 30.7 Å². The lowest BCUT2D eigenvalue weighted by atomic mass is 9.98. The van der Waals surface area contributed by atoms with Crippen molar-refractivity contribution < 1.29 is 23.8 Å². The SMILES string of the molecule is CCOc1cc2c(cc1CNC(=O)[C@@H]1Cc3ccccc3C(=O)O1)O[C@H](C)C2. The summed E-state index contributed by atoms with van der Waals surface area (Å²) in [7, 11) is 0. The van der Waals surface area contributed by atoms with Crippen molar-refractivity contribution in [3.63, 3.8) is 0 Å². The van der Waals surface area contributed by atoms with Crippen molar-refractivity contribution in [2.75, 3.05) is 6.61 Å². The molecule has 2 heterocycles. The number of nitrogens with one attached hydrogen (secondary N) is 1. The second-order valence-corrected chi connectivity index (χ2v) is 7.11. The van der Waals surface area contributed by atoms with E-state index in [1.54, 1.807) is 12.1 Å². The Kier molecular flexibility index (Phi) is 4.94. The molecule has 28 heavy (non-hydrogen) atoms. The van der Waals surface area contributed by atoms with Gasteiger partial charge < -0.3 is 19.5 Å². The summed E-state index contributed by atoms with van der Waals surface area (Å²) in [6, 6.07) is 11.1. The van der Waals surface area contributed by atoms with E-state index in [9.17, 15) is 9.59 Å². The molecule has 2 aliphatic heterocycles. The van der Waals surface area contributed by atoms with Gasteiger partial charge in [-0.2, -0.15) is 0 Å². The van der Waals surface area contributed by atoms with Gasteiger partial charge in [0.2, 0.25) is 0 Å². The van der Waals surface area contributed by atoms with Crippen molar-refractivity contribution in [1.82, 2.24) is 5.32 Å². The molecule has 0 aliphatic carbocycles. The number of fused-ring (bicyclic) bond motifs is 2. The first-order valence-corrected chi connectivity index (χ1v) is 9.57. The average Bonchev–Trinajstić information content (AvgIpc) is 3.05. The van der Waals surface area contributed by atoms with Crippen LogP contribution >= 0.6 is 0 Å². The Morgan fingerprint density at radius 2 is 2.00 bits per heavy atom. The fraction of sp³-hybridized carbons (Fsp3) is 0.364. The first-order valence-electron chi connectivity index (χ1n) is 9.57. The van der Waals surface area contributed by atoms with Gasteiger partial charge in [0, 0.05) is 30.5 Å². The van der Waals surface area contributed by atoms with Crippen LogP contribution in [0.2, 0.25) is 0 Å². The van der Waals surface area contributed by atoms with E-state index in [-0.39, 0.29) is 18.6 Å². The average molecular weight is 381 g/mol. The number of carbonyl (C=O) groups is 2. The van der Waals surface area contributed by atoms with Gasteiger partial charge in [-0.3, -0.25) is 4.79 Å². The Labute approximate surface area is 163 Å². The van der Waals surface area contributed by atoms with Gasteiger partial charge in [-0.25, -0.2) is 4.79 Å². The number of amides is 1. The molecule has 2 atom stereocenters. The minimum absolute atomic E-state index is 0.135. The number of hydrogen-bond donors (Lipinski definition) is 1. The van der Waals surface area contributed by atoms with Crippen LogP contribution in [0.3, 0.4) is 0 Å². The third kappa shape index (κ3) is 3.54. The largest absolute Gasteiger partial charge is 0.494 e. The van der Waals surface area contributed by atoms with Gasteiger partial charge >= 0.3 is 5.97 Å². The van der Waals surface area contributed by atoms with Crippen LogP contribution in [0.15, 0.2) is 36.4 Å². The van der Waals surface area contributed by atoms with Gasteiger partial charge in [-0.05, 0) is 37.6 Å². The van der Waals surface area contributed by atoms with Gasteiger partial charge in [0.05, 0.1) is 12.2 Å². The number of hydrogen-bond acceptors (Lipinski definition) is 5. The maximum Gasteiger partial charge on any atom is 0.339 e. The molecule has 2 aliphatic rings. The summed E-state index contributed by atoms with van der Waals surface area (Å²) >= 11 is 0. The number of ether oxygens (including phenoxy) is 3. The lowest BCUT2D eigenvalue weighted by Crippen LogP contribution is -2.41. The van der Waals surface area contributed by atoms with Crippen LogP contribution in [0.4, 0.5) is 0 Å². The normalized spacial score (nSPS) is 19.9. The molecule has 0 bridgehead atoms. The van der Waals surface area contributed by atoms with Crippen molar-refractivity contribution in [2.24, 2.45) is 0 Å². The Morgan fingerprint density at radius 3 is 2.82 bits per heavy atom. The topological polar surface area (TPSA) is 73.9 Å². The summed E-state index contributed by atoms with van der Waals surface area (Å²) < 4.78 is 16.9. The summed E-state index contributed by atoms with van der Waals surface area (Å²) in [6.07, 6.45) is 0.524. The van der Waals surface area contributed by atoms with E-state index >= 15 is 0 Å². The molecule has 2 aromatic carbocycles. The molecule has 0 aromatic heterocycles. The standard InChI is InChI=1S/C22H23NO5/c1-3-26-18-10-15-8-13(2)27-19(15)11-16(18)12-23-21(24)20-9-14-6-4-5-7-17(14)22(25)28-20/h4-7,10-11,13,20H,3,8-9,12H2,1-2H3,(H,23,24)/t13-,20+/m1/s1. The Hall–Kier alpha value is -3.02. The van der Waals surface area contributed by atoms with E-state index in [0.717, 1.165) is 34.6 Å². The highest BCUT2D eigenvalue weighted by molar-refractivity contribution is 5.95. The van der Waals surface area contributed by atoms with Crippen LogP contribution in [-0.2, 0) is 28.9 Å². The maximum absolute atomic E-state index is 12.6. The number of esters is 1. The third-order valence-electron chi connectivity index (χ3n) is 5.02. The van der Waals surface area contributed by atoms with Crippen LogP contribution < -0.4 is 14.8 Å². The summed E-state index contributed by atoms with van der Waals surface area (Å²) in [6.45, 7) is 4.76. The van der Waals surface area contributed by atoms with E-state index in [2.05, 4.69) is 5.32 Å². The van der Waals surface area contributed by atoms with Gasteiger partial charge in [0.25, 0.3) is 5.91 Å². The van der Waals surface area contributed by atoms with Crippen LogP contribution in [0.25, 0.3) is 0 Å². The molecule has 146 valence electrons. The maximum atomic E-state index is 12.6. The van der Waals surface area contributed by atoms with Crippen LogP contribution in [0.1, 0.15) is 40.9 Å². The minimum atomic E-state index is -0.830.